The summed E-state index contributed by atoms with van der Waals surface area (Å²) in [7, 11) is 0. The number of carbonyl (C=O) groups excluding carboxylic acids is 1. The van der Waals surface area contributed by atoms with Gasteiger partial charge in [-0.3, -0.25) is 4.79 Å². The summed E-state index contributed by atoms with van der Waals surface area (Å²) in [4.78, 5) is 25.9. The summed E-state index contributed by atoms with van der Waals surface area (Å²) in [5, 5.41) is 0. The first-order valence-corrected chi connectivity index (χ1v) is 8.32. The number of hydrogen-bond donors (Lipinski definition) is 0. The predicted molar refractivity (Wildman–Crippen MR) is 86.9 cm³/mol. The third-order valence-electron chi connectivity index (χ3n) is 4.35. The summed E-state index contributed by atoms with van der Waals surface area (Å²) in [5.74, 6) is 2.83. The van der Waals surface area contributed by atoms with Crippen LogP contribution in [0.2, 0.25) is 0 Å². The summed E-state index contributed by atoms with van der Waals surface area (Å²) in [6.07, 6.45) is 5.30. The summed E-state index contributed by atoms with van der Waals surface area (Å²) in [6, 6.07) is 1.99. The Morgan fingerprint density at radius 1 is 1.18 bits per heavy atom. The van der Waals surface area contributed by atoms with Crippen LogP contribution in [0.1, 0.15) is 51.8 Å². The van der Waals surface area contributed by atoms with Crippen molar-refractivity contribution in [2.24, 2.45) is 5.41 Å². The Morgan fingerprint density at radius 3 is 2.64 bits per heavy atom. The minimum Gasteiger partial charge on any atom is -0.355 e. The van der Waals surface area contributed by atoms with Crippen LogP contribution >= 0.6 is 0 Å². The molecule has 0 spiro atoms. The molecule has 1 amide bonds. The van der Waals surface area contributed by atoms with Gasteiger partial charge in [-0.15, -0.1) is 0 Å². The lowest BCUT2D eigenvalue weighted by atomic mass is 9.94. The van der Waals surface area contributed by atoms with Gasteiger partial charge >= 0.3 is 0 Å². The van der Waals surface area contributed by atoms with Crippen LogP contribution in [0.3, 0.4) is 0 Å². The fourth-order valence-corrected chi connectivity index (χ4v) is 2.90. The van der Waals surface area contributed by atoms with Crippen LogP contribution in [0.15, 0.2) is 12.3 Å². The van der Waals surface area contributed by atoms with Gasteiger partial charge in [0.2, 0.25) is 5.91 Å². The van der Waals surface area contributed by atoms with Crippen LogP contribution in [0.4, 0.5) is 5.82 Å². The van der Waals surface area contributed by atoms with E-state index in [2.05, 4.69) is 9.88 Å². The van der Waals surface area contributed by atoms with Crippen molar-refractivity contribution >= 4 is 11.7 Å². The van der Waals surface area contributed by atoms with Gasteiger partial charge in [-0.1, -0.05) is 20.8 Å². The van der Waals surface area contributed by atoms with Crippen molar-refractivity contribution in [3.05, 3.63) is 18.1 Å². The highest BCUT2D eigenvalue weighted by molar-refractivity contribution is 5.81. The Balaban J connectivity index is 1.67. The van der Waals surface area contributed by atoms with Crippen LogP contribution in [0.5, 0.6) is 0 Å². The van der Waals surface area contributed by atoms with Crippen molar-refractivity contribution in [3.63, 3.8) is 0 Å². The van der Waals surface area contributed by atoms with Gasteiger partial charge in [-0.05, 0) is 25.3 Å². The van der Waals surface area contributed by atoms with Gasteiger partial charge < -0.3 is 9.80 Å². The number of nitrogens with zero attached hydrogens (tertiary/aromatic N) is 4. The van der Waals surface area contributed by atoms with Gasteiger partial charge in [-0.2, -0.15) is 0 Å². The van der Waals surface area contributed by atoms with Crippen molar-refractivity contribution in [2.45, 2.75) is 46.0 Å². The molecule has 0 aromatic carbocycles. The van der Waals surface area contributed by atoms with Crippen LogP contribution in [0.25, 0.3) is 0 Å². The van der Waals surface area contributed by atoms with E-state index in [0.29, 0.717) is 5.92 Å². The normalized spacial score (nSPS) is 20.0. The van der Waals surface area contributed by atoms with Gasteiger partial charge in [0.05, 0.1) is 0 Å². The molecule has 5 nitrogen and oxygen atoms in total. The van der Waals surface area contributed by atoms with Gasteiger partial charge in [-0.25, -0.2) is 9.97 Å². The molecule has 0 bridgehead atoms. The smallest absolute Gasteiger partial charge is 0.228 e. The van der Waals surface area contributed by atoms with E-state index in [1.54, 1.807) is 0 Å². The van der Waals surface area contributed by atoms with Crippen molar-refractivity contribution in [1.82, 2.24) is 14.9 Å². The van der Waals surface area contributed by atoms with Crippen LogP contribution in [-0.4, -0.2) is 47.0 Å². The quantitative estimate of drug-likeness (QED) is 0.842. The lowest BCUT2D eigenvalue weighted by Crippen LogP contribution is -2.41. The molecule has 2 fully saturated rings. The van der Waals surface area contributed by atoms with Gasteiger partial charge in [0.15, 0.2) is 0 Å². The molecule has 2 aliphatic rings. The van der Waals surface area contributed by atoms with Gasteiger partial charge in [0.25, 0.3) is 0 Å². The lowest BCUT2D eigenvalue weighted by molar-refractivity contribution is -0.139. The first kappa shape index (κ1) is 15.3. The summed E-state index contributed by atoms with van der Waals surface area (Å²) < 4.78 is 0. The number of carbonyl (C=O) groups is 1. The molecule has 0 radical (unpaired) electrons. The number of hydrogen-bond acceptors (Lipinski definition) is 4. The minimum atomic E-state index is -0.302. The molecule has 120 valence electrons. The number of anilines is 1. The maximum atomic E-state index is 12.4. The SMILES string of the molecule is CC(C)(C)C(=O)N1CCCN(c2ccnc(C3CC3)n2)CC1. The summed E-state index contributed by atoms with van der Waals surface area (Å²) >= 11 is 0. The van der Waals surface area contributed by atoms with Crippen molar-refractivity contribution in [1.29, 1.82) is 0 Å². The van der Waals surface area contributed by atoms with Gasteiger partial charge in [0, 0.05) is 43.7 Å². The Bertz CT molecular complexity index is 548. The average molecular weight is 302 g/mol. The third-order valence-corrected chi connectivity index (χ3v) is 4.35. The topological polar surface area (TPSA) is 49.3 Å². The number of rotatable bonds is 2. The fraction of sp³-hybridized carbons (Fsp3) is 0.706. The molecule has 0 atom stereocenters. The first-order valence-electron chi connectivity index (χ1n) is 8.32. The maximum Gasteiger partial charge on any atom is 0.228 e. The largest absolute Gasteiger partial charge is 0.355 e. The zero-order valence-corrected chi connectivity index (χ0v) is 13.9. The highest BCUT2D eigenvalue weighted by Crippen LogP contribution is 2.38. The number of amides is 1. The van der Waals surface area contributed by atoms with Crippen molar-refractivity contribution in [3.8, 4) is 0 Å². The van der Waals surface area contributed by atoms with E-state index < -0.39 is 0 Å². The molecule has 22 heavy (non-hydrogen) atoms. The van der Waals surface area contributed by atoms with E-state index in [0.717, 1.165) is 44.2 Å². The van der Waals surface area contributed by atoms with E-state index in [1.165, 1.54) is 12.8 Å². The summed E-state index contributed by atoms with van der Waals surface area (Å²) in [6.45, 7) is 9.39. The first-order chi connectivity index (χ1) is 10.4. The minimum absolute atomic E-state index is 0.246. The second kappa shape index (κ2) is 5.86. The fourth-order valence-electron chi connectivity index (χ4n) is 2.90. The number of aromatic nitrogens is 2. The second-order valence-corrected chi connectivity index (χ2v) is 7.43. The van der Waals surface area contributed by atoms with E-state index in [1.807, 2.05) is 37.9 Å². The predicted octanol–water partition coefficient (Wildman–Crippen LogP) is 2.44. The molecule has 5 heteroatoms. The highest BCUT2D eigenvalue weighted by atomic mass is 16.2. The zero-order chi connectivity index (χ0) is 15.7. The van der Waals surface area contributed by atoms with E-state index in [4.69, 9.17) is 4.98 Å². The molecule has 1 aliphatic carbocycles. The Labute approximate surface area is 132 Å². The maximum absolute atomic E-state index is 12.4. The molecular weight excluding hydrogens is 276 g/mol. The molecular formula is C17H26N4O. The zero-order valence-electron chi connectivity index (χ0n) is 13.9. The molecule has 1 aliphatic heterocycles. The average Bonchev–Trinajstić information content (AvgIpc) is 3.32. The molecule has 1 aromatic heterocycles. The summed E-state index contributed by atoms with van der Waals surface area (Å²) in [5.41, 5.74) is -0.302. The van der Waals surface area contributed by atoms with E-state index >= 15 is 0 Å². The molecule has 2 heterocycles. The standard InChI is InChI=1S/C17H26N4O/c1-17(2,3)16(22)21-10-4-9-20(11-12-21)14-7-8-18-15(19-14)13-5-6-13/h7-8,13H,4-6,9-12H2,1-3H3. The molecule has 1 saturated heterocycles. The molecule has 0 N–H and O–H groups in total. The van der Waals surface area contributed by atoms with Gasteiger partial charge in [0.1, 0.15) is 11.6 Å². The van der Waals surface area contributed by atoms with E-state index in [9.17, 15) is 4.79 Å². The Morgan fingerprint density at radius 2 is 1.95 bits per heavy atom. The third kappa shape index (κ3) is 3.39. The lowest BCUT2D eigenvalue weighted by Gasteiger charge is -2.28. The van der Waals surface area contributed by atoms with E-state index in [-0.39, 0.29) is 11.3 Å². The molecule has 1 aromatic rings. The van der Waals surface area contributed by atoms with Crippen molar-refractivity contribution in [2.75, 3.05) is 31.1 Å². The Kier molecular flexibility index (Phi) is 4.06. The second-order valence-electron chi connectivity index (χ2n) is 7.43. The molecule has 0 unspecified atom stereocenters. The highest BCUT2D eigenvalue weighted by Gasteiger charge is 2.30. The van der Waals surface area contributed by atoms with Crippen LogP contribution in [0, 0.1) is 5.41 Å². The monoisotopic (exact) mass is 302 g/mol. The molecule has 3 rings (SSSR count). The van der Waals surface area contributed by atoms with Crippen LogP contribution in [-0.2, 0) is 4.79 Å². The van der Waals surface area contributed by atoms with Crippen LogP contribution < -0.4 is 4.90 Å². The molecule has 1 saturated carbocycles. The Hall–Kier alpha value is -1.65. The van der Waals surface area contributed by atoms with Crippen molar-refractivity contribution < 1.29 is 4.79 Å².